The van der Waals surface area contributed by atoms with Crippen LogP contribution in [0.5, 0.6) is 0 Å². The second-order valence-corrected chi connectivity index (χ2v) is 6.67. The molecular formula is C16H18N4S. The summed E-state index contributed by atoms with van der Waals surface area (Å²) in [6, 6.07) is 8.82. The molecule has 2 aromatic rings. The number of aromatic nitrogens is 2. The van der Waals surface area contributed by atoms with Gasteiger partial charge in [-0.2, -0.15) is 0 Å². The lowest BCUT2D eigenvalue weighted by Gasteiger charge is -2.31. The Morgan fingerprint density at radius 1 is 1.19 bits per heavy atom. The molecule has 4 nitrogen and oxygen atoms in total. The van der Waals surface area contributed by atoms with Crippen LogP contribution in [0.3, 0.4) is 0 Å². The van der Waals surface area contributed by atoms with Gasteiger partial charge in [0.2, 0.25) is 5.95 Å². The van der Waals surface area contributed by atoms with E-state index in [-0.39, 0.29) is 0 Å². The predicted molar refractivity (Wildman–Crippen MR) is 86.5 cm³/mol. The fraction of sp³-hybridized carbons (Fsp3) is 0.375. The van der Waals surface area contributed by atoms with E-state index in [1.807, 2.05) is 18.0 Å². The summed E-state index contributed by atoms with van der Waals surface area (Å²) in [5.41, 5.74) is 9.55. The van der Waals surface area contributed by atoms with Gasteiger partial charge < -0.3 is 10.6 Å². The normalized spacial score (nSPS) is 18.2. The molecule has 3 heterocycles. The Morgan fingerprint density at radius 2 is 2.00 bits per heavy atom. The Hall–Kier alpha value is -1.59. The predicted octanol–water partition coefficient (Wildman–Crippen LogP) is 2.68. The van der Waals surface area contributed by atoms with Gasteiger partial charge >= 0.3 is 0 Å². The van der Waals surface area contributed by atoms with Gasteiger partial charge in [-0.25, -0.2) is 9.97 Å². The van der Waals surface area contributed by atoms with E-state index in [4.69, 9.17) is 10.7 Å². The molecule has 1 fully saturated rings. The van der Waals surface area contributed by atoms with Gasteiger partial charge in [0.05, 0.1) is 5.69 Å². The second kappa shape index (κ2) is 5.31. The highest BCUT2D eigenvalue weighted by atomic mass is 32.2. The largest absolute Gasteiger partial charge is 0.341 e. The highest BCUT2D eigenvalue weighted by Crippen LogP contribution is 2.40. The van der Waals surface area contributed by atoms with Gasteiger partial charge in [-0.15, -0.1) is 11.8 Å². The maximum absolute atomic E-state index is 5.98. The van der Waals surface area contributed by atoms with Gasteiger partial charge in [0.1, 0.15) is 0 Å². The number of benzene rings is 1. The monoisotopic (exact) mass is 298 g/mol. The van der Waals surface area contributed by atoms with Crippen LogP contribution in [0.2, 0.25) is 0 Å². The van der Waals surface area contributed by atoms with E-state index in [0.29, 0.717) is 6.04 Å². The number of fused-ring (bicyclic) bond motifs is 3. The van der Waals surface area contributed by atoms with Gasteiger partial charge in [-0.3, -0.25) is 0 Å². The minimum absolute atomic E-state index is 0.330. The molecule has 0 amide bonds. The average molecular weight is 298 g/mol. The van der Waals surface area contributed by atoms with Crippen LogP contribution < -0.4 is 10.6 Å². The van der Waals surface area contributed by atoms with Crippen molar-refractivity contribution in [2.75, 3.05) is 18.0 Å². The van der Waals surface area contributed by atoms with Crippen LogP contribution in [0, 0.1) is 0 Å². The molecular weight excluding hydrogens is 280 g/mol. The molecule has 5 heteroatoms. The standard InChI is InChI=1S/C16H18N4S/c17-12-5-7-20(8-6-12)16-18-9-11-10-21-14-4-2-1-3-13(14)15(11)19-16/h1-4,9,12H,5-8,10,17H2. The molecule has 0 bridgehead atoms. The van der Waals surface area contributed by atoms with E-state index in [2.05, 4.69) is 34.1 Å². The summed E-state index contributed by atoms with van der Waals surface area (Å²) in [4.78, 5) is 13.0. The summed E-state index contributed by atoms with van der Waals surface area (Å²) in [5, 5.41) is 0. The highest BCUT2D eigenvalue weighted by Gasteiger charge is 2.22. The molecule has 0 radical (unpaired) electrons. The zero-order valence-corrected chi connectivity index (χ0v) is 12.6. The Morgan fingerprint density at radius 3 is 2.86 bits per heavy atom. The van der Waals surface area contributed by atoms with E-state index in [0.717, 1.165) is 43.3 Å². The summed E-state index contributed by atoms with van der Waals surface area (Å²) in [7, 11) is 0. The molecule has 1 aromatic carbocycles. The van der Waals surface area contributed by atoms with Crippen molar-refractivity contribution in [3.05, 3.63) is 36.0 Å². The fourth-order valence-electron chi connectivity index (χ4n) is 2.93. The van der Waals surface area contributed by atoms with Crippen LogP contribution in [0.15, 0.2) is 35.4 Å². The average Bonchev–Trinajstić information content (AvgIpc) is 2.55. The maximum atomic E-state index is 5.98. The number of thioether (sulfide) groups is 1. The van der Waals surface area contributed by atoms with E-state index >= 15 is 0 Å². The van der Waals surface area contributed by atoms with Crippen molar-refractivity contribution >= 4 is 17.7 Å². The summed E-state index contributed by atoms with van der Waals surface area (Å²) < 4.78 is 0. The molecule has 0 atom stereocenters. The Labute approximate surface area is 128 Å². The lowest BCUT2D eigenvalue weighted by Crippen LogP contribution is -2.40. The smallest absolute Gasteiger partial charge is 0.225 e. The van der Waals surface area contributed by atoms with E-state index in [9.17, 15) is 0 Å². The summed E-state index contributed by atoms with van der Waals surface area (Å²) >= 11 is 1.86. The van der Waals surface area contributed by atoms with Crippen molar-refractivity contribution in [3.63, 3.8) is 0 Å². The molecule has 1 saturated heterocycles. The number of nitrogens with zero attached hydrogens (tertiary/aromatic N) is 3. The van der Waals surface area contributed by atoms with E-state index in [1.165, 1.54) is 16.0 Å². The summed E-state index contributed by atoms with van der Waals surface area (Å²) in [6.07, 6.45) is 4.04. The fourth-order valence-corrected chi connectivity index (χ4v) is 3.95. The van der Waals surface area contributed by atoms with Crippen molar-refractivity contribution in [1.82, 2.24) is 9.97 Å². The van der Waals surface area contributed by atoms with Crippen molar-refractivity contribution in [3.8, 4) is 11.3 Å². The quantitative estimate of drug-likeness (QED) is 0.877. The van der Waals surface area contributed by atoms with Crippen LogP contribution in [-0.4, -0.2) is 29.1 Å². The number of hydrogen-bond donors (Lipinski definition) is 1. The topological polar surface area (TPSA) is 55.0 Å². The first-order valence-electron chi connectivity index (χ1n) is 7.40. The first-order chi connectivity index (χ1) is 10.3. The van der Waals surface area contributed by atoms with Crippen LogP contribution in [0.25, 0.3) is 11.3 Å². The molecule has 0 unspecified atom stereocenters. The first-order valence-corrected chi connectivity index (χ1v) is 8.38. The number of anilines is 1. The minimum atomic E-state index is 0.330. The van der Waals surface area contributed by atoms with Gasteiger partial charge in [0, 0.05) is 47.1 Å². The van der Waals surface area contributed by atoms with Gasteiger partial charge in [0.25, 0.3) is 0 Å². The van der Waals surface area contributed by atoms with Crippen LogP contribution in [-0.2, 0) is 5.75 Å². The molecule has 1 aromatic heterocycles. The molecule has 2 aliphatic heterocycles. The first kappa shape index (κ1) is 13.1. The number of hydrogen-bond acceptors (Lipinski definition) is 5. The Balaban J connectivity index is 1.71. The lowest BCUT2D eigenvalue weighted by molar-refractivity contribution is 0.495. The van der Waals surface area contributed by atoms with Crippen molar-refractivity contribution in [2.24, 2.45) is 5.73 Å². The summed E-state index contributed by atoms with van der Waals surface area (Å²) in [6.45, 7) is 1.91. The third-order valence-corrected chi connectivity index (χ3v) is 5.32. The van der Waals surface area contributed by atoms with Crippen molar-refractivity contribution in [2.45, 2.75) is 29.5 Å². The van der Waals surface area contributed by atoms with Crippen LogP contribution >= 0.6 is 11.8 Å². The van der Waals surface area contributed by atoms with Crippen molar-refractivity contribution < 1.29 is 0 Å². The second-order valence-electron chi connectivity index (χ2n) is 5.65. The Kier molecular flexibility index (Phi) is 3.31. The molecule has 2 N–H and O–H groups in total. The number of rotatable bonds is 1. The van der Waals surface area contributed by atoms with E-state index in [1.54, 1.807) is 0 Å². The zero-order chi connectivity index (χ0) is 14.2. The third kappa shape index (κ3) is 2.40. The molecule has 108 valence electrons. The molecule has 0 spiro atoms. The van der Waals surface area contributed by atoms with Gasteiger partial charge in [0.15, 0.2) is 0 Å². The van der Waals surface area contributed by atoms with E-state index < -0.39 is 0 Å². The van der Waals surface area contributed by atoms with Gasteiger partial charge in [-0.05, 0) is 18.9 Å². The van der Waals surface area contributed by atoms with Crippen molar-refractivity contribution in [1.29, 1.82) is 0 Å². The summed E-state index contributed by atoms with van der Waals surface area (Å²) in [5.74, 6) is 1.81. The maximum Gasteiger partial charge on any atom is 0.225 e. The SMILES string of the molecule is NC1CCN(c2ncc3c(n2)-c2ccccc2SC3)CC1. The van der Waals surface area contributed by atoms with Crippen LogP contribution in [0.1, 0.15) is 18.4 Å². The molecule has 0 saturated carbocycles. The molecule has 4 rings (SSSR count). The molecule has 0 aliphatic carbocycles. The number of nitrogens with two attached hydrogens (primary N) is 1. The van der Waals surface area contributed by atoms with Gasteiger partial charge in [-0.1, -0.05) is 18.2 Å². The highest BCUT2D eigenvalue weighted by molar-refractivity contribution is 7.98. The minimum Gasteiger partial charge on any atom is -0.341 e. The van der Waals surface area contributed by atoms with Crippen LogP contribution in [0.4, 0.5) is 5.95 Å². The third-order valence-electron chi connectivity index (χ3n) is 4.20. The molecule has 2 aliphatic rings. The molecule has 21 heavy (non-hydrogen) atoms. The lowest BCUT2D eigenvalue weighted by atomic mass is 10.1. The number of piperidine rings is 1. The zero-order valence-electron chi connectivity index (χ0n) is 11.8. The Bertz CT molecular complexity index is 665.